The third kappa shape index (κ3) is 5.60. The molecular formula is C23H28N6O2S. The second-order valence-electron chi connectivity index (χ2n) is 7.99. The molecule has 0 aliphatic heterocycles. The van der Waals surface area contributed by atoms with E-state index < -0.39 is 10.0 Å². The number of hydrogen-bond donors (Lipinski definition) is 3. The number of benzene rings is 1. The summed E-state index contributed by atoms with van der Waals surface area (Å²) in [6.07, 6.45) is 6.00. The fraction of sp³-hybridized carbons (Fsp3) is 0.348. The lowest BCUT2D eigenvalue weighted by Crippen LogP contribution is -2.29. The number of nitrogens with one attached hydrogen (secondary N) is 3. The lowest BCUT2D eigenvalue weighted by atomic mass is 9.92. The summed E-state index contributed by atoms with van der Waals surface area (Å²) in [5, 5.41) is 6.33. The van der Waals surface area contributed by atoms with Crippen molar-refractivity contribution in [1.82, 2.24) is 19.7 Å². The lowest BCUT2D eigenvalue weighted by molar-refractivity contribution is 0.582. The molecule has 0 spiro atoms. The van der Waals surface area contributed by atoms with Crippen LogP contribution in [-0.4, -0.2) is 36.5 Å². The van der Waals surface area contributed by atoms with E-state index >= 15 is 0 Å². The van der Waals surface area contributed by atoms with Gasteiger partial charge in [0, 0.05) is 25.4 Å². The topological polar surface area (TPSA) is 109 Å². The third-order valence-corrected chi connectivity index (χ3v) is 6.82. The number of anilines is 3. The minimum Gasteiger partial charge on any atom is -0.369 e. The van der Waals surface area contributed by atoms with Crippen LogP contribution in [-0.2, 0) is 22.9 Å². The van der Waals surface area contributed by atoms with Crippen molar-refractivity contribution in [2.45, 2.75) is 44.4 Å². The molecule has 0 saturated heterocycles. The van der Waals surface area contributed by atoms with E-state index in [1.807, 2.05) is 31.2 Å². The molecule has 0 bridgehead atoms. The number of aromatic nitrogens is 3. The Bertz CT molecular complexity index is 1210. The van der Waals surface area contributed by atoms with Crippen molar-refractivity contribution in [1.29, 1.82) is 0 Å². The average Bonchev–Trinajstić information content (AvgIpc) is 2.76. The van der Waals surface area contributed by atoms with E-state index in [0.717, 1.165) is 30.4 Å². The zero-order chi connectivity index (χ0) is 22.6. The maximum absolute atomic E-state index is 12.7. The quantitative estimate of drug-likeness (QED) is 0.449. The van der Waals surface area contributed by atoms with E-state index in [4.69, 9.17) is 0 Å². The fourth-order valence-electron chi connectivity index (χ4n) is 3.79. The van der Waals surface area contributed by atoms with Gasteiger partial charge in [-0.3, -0.25) is 0 Å². The Morgan fingerprint density at radius 3 is 2.47 bits per heavy atom. The summed E-state index contributed by atoms with van der Waals surface area (Å²) in [6.45, 7) is 4.43. The molecule has 4 rings (SSSR count). The van der Waals surface area contributed by atoms with Crippen LogP contribution in [0.2, 0.25) is 0 Å². The second kappa shape index (κ2) is 9.62. The summed E-state index contributed by atoms with van der Waals surface area (Å²) < 4.78 is 28.0. The number of sulfonamides is 1. The van der Waals surface area contributed by atoms with Crippen LogP contribution in [0.1, 0.15) is 35.4 Å². The van der Waals surface area contributed by atoms with Crippen LogP contribution in [0.15, 0.2) is 47.5 Å². The maximum atomic E-state index is 12.7. The molecule has 1 aliphatic carbocycles. The molecule has 0 saturated carbocycles. The van der Waals surface area contributed by atoms with Gasteiger partial charge in [-0.05, 0) is 80.5 Å². The predicted octanol–water partition coefficient (Wildman–Crippen LogP) is 3.50. The van der Waals surface area contributed by atoms with Crippen LogP contribution >= 0.6 is 0 Å². The highest BCUT2D eigenvalue weighted by molar-refractivity contribution is 7.89. The van der Waals surface area contributed by atoms with E-state index in [1.165, 1.54) is 12.0 Å². The number of aryl methyl sites for hydroxylation is 4. The number of pyridine rings is 1. The number of nitrogens with zero attached hydrogens (tertiary/aromatic N) is 3. The van der Waals surface area contributed by atoms with E-state index in [0.29, 0.717) is 34.7 Å². The highest BCUT2D eigenvalue weighted by Gasteiger charge is 2.17. The van der Waals surface area contributed by atoms with Crippen molar-refractivity contribution in [2.75, 3.05) is 23.7 Å². The van der Waals surface area contributed by atoms with Gasteiger partial charge in [0.2, 0.25) is 10.0 Å². The van der Waals surface area contributed by atoms with E-state index in [-0.39, 0.29) is 6.54 Å². The molecule has 32 heavy (non-hydrogen) atoms. The Hall–Kier alpha value is -3.04. The van der Waals surface area contributed by atoms with Gasteiger partial charge in [-0.15, -0.1) is 0 Å². The van der Waals surface area contributed by atoms with Crippen molar-refractivity contribution in [2.24, 2.45) is 0 Å². The minimum atomic E-state index is -3.55. The zero-order valence-corrected chi connectivity index (χ0v) is 19.2. The van der Waals surface area contributed by atoms with Gasteiger partial charge >= 0.3 is 0 Å². The first-order chi connectivity index (χ1) is 15.4. The summed E-state index contributed by atoms with van der Waals surface area (Å²) in [7, 11) is -3.55. The van der Waals surface area contributed by atoms with Crippen LogP contribution in [0, 0.1) is 13.8 Å². The molecule has 0 fully saturated rings. The highest BCUT2D eigenvalue weighted by Crippen LogP contribution is 2.24. The molecular weight excluding hydrogens is 424 g/mol. The van der Waals surface area contributed by atoms with Gasteiger partial charge in [0.05, 0.1) is 4.90 Å². The largest absolute Gasteiger partial charge is 0.369 e. The summed E-state index contributed by atoms with van der Waals surface area (Å²) in [5.74, 6) is 2.53. The molecule has 0 amide bonds. The number of fused-ring (bicyclic) bond motifs is 1. The van der Waals surface area contributed by atoms with Gasteiger partial charge in [0.15, 0.2) is 0 Å². The summed E-state index contributed by atoms with van der Waals surface area (Å²) in [6, 6.07) is 11.1. The van der Waals surface area contributed by atoms with Gasteiger partial charge in [0.1, 0.15) is 23.3 Å². The third-order valence-electron chi connectivity index (χ3n) is 5.36. The molecule has 2 aromatic heterocycles. The van der Waals surface area contributed by atoms with E-state index in [2.05, 4.69) is 30.3 Å². The Labute approximate surface area is 189 Å². The molecule has 0 radical (unpaired) electrons. The van der Waals surface area contributed by atoms with Gasteiger partial charge < -0.3 is 10.6 Å². The van der Waals surface area contributed by atoms with Gasteiger partial charge in [-0.2, -0.15) is 0 Å². The Morgan fingerprint density at radius 1 is 0.875 bits per heavy atom. The SMILES string of the molecule is Cc1ccnc(Nc2cc(NCCNS(=O)(=O)c3ccc4c(c3)CCCC4)nc(C)n2)c1. The van der Waals surface area contributed by atoms with Crippen molar-refractivity contribution in [3.05, 3.63) is 65.1 Å². The first-order valence-corrected chi connectivity index (χ1v) is 12.3. The van der Waals surface area contributed by atoms with Crippen LogP contribution in [0.4, 0.5) is 17.5 Å². The first-order valence-electron chi connectivity index (χ1n) is 10.8. The first kappa shape index (κ1) is 22.2. The standard InChI is InChI=1S/C23H28N6O2S/c1-16-9-10-24-21(13-16)29-23-15-22(27-17(2)28-23)25-11-12-26-32(30,31)20-8-7-18-5-3-4-6-19(18)14-20/h7-10,13-15,26H,3-6,11-12H2,1-2H3,(H2,24,25,27,28,29). The fourth-order valence-corrected chi connectivity index (χ4v) is 4.88. The summed E-state index contributed by atoms with van der Waals surface area (Å²) >= 11 is 0. The normalized spacial score (nSPS) is 13.4. The smallest absolute Gasteiger partial charge is 0.240 e. The Kier molecular flexibility index (Phi) is 6.66. The van der Waals surface area contributed by atoms with E-state index in [1.54, 1.807) is 25.3 Å². The van der Waals surface area contributed by atoms with Crippen LogP contribution < -0.4 is 15.4 Å². The Balaban J connectivity index is 1.34. The molecule has 3 N–H and O–H groups in total. The lowest BCUT2D eigenvalue weighted by Gasteiger charge is -2.17. The number of rotatable bonds is 8. The van der Waals surface area contributed by atoms with Crippen molar-refractivity contribution >= 4 is 27.5 Å². The zero-order valence-electron chi connectivity index (χ0n) is 18.4. The van der Waals surface area contributed by atoms with Crippen LogP contribution in [0.25, 0.3) is 0 Å². The van der Waals surface area contributed by atoms with Crippen molar-refractivity contribution < 1.29 is 8.42 Å². The van der Waals surface area contributed by atoms with Crippen LogP contribution in [0.3, 0.4) is 0 Å². The monoisotopic (exact) mass is 452 g/mol. The molecule has 1 aliphatic rings. The van der Waals surface area contributed by atoms with Gasteiger partial charge in [0.25, 0.3) is 0 Å². The molecule has 1 aromatic carbocycles. The highest BCUT2D eigenvalue weighted by atomic mass is 32.2. The van der Waals surface area contributed by atoms with Gasteiger partial charge in [-0.25, -0.2) is 28.1 Å². The molecule has 0 unspecified atom stereocenters. The van der Waals surface area contributed by atoms with Gasteiger partial charge in [-0.1, -0.05) is 6.07 Å². The molecule has 3 aromatic rings. The minimum absolute atomic E-state index is 0.241. The maximum Gasteiger partial charge on any atom is 0.240 e. The Morgan fingerprint density at radius 2 is 1.66 bits per heavy atom. The predicted molar refractivity (Wildman–Crippen MR) is 126 cm³/mol. The van der Waals surface area contributed by atoms with Crippen molar-refractivity contribution in [3.63, 3.8) is 0 Å². The molecule has 9 heteroatoms. The average molecular weight is 453 g/mol. The summed E-state index contributed by atoms with van der Waals surface area (Å²) in [5.41, 5.74) is 3.51. The van der Waals surface area contributed by atoms with Crippen molar-refractivity contribution in [3.8, 4) is 0 Å². The number of hydrogen-bond acceptors (Lipinski definition) is 7. The van der Waals surface area contributed by atoms with Crippen LogP contribution in [0.5, 0.6) is 0 Å². The molecule has 0 atom stereocenters. The second-order valence-corrected chi connectivity index (χ2v) is 9.76. The van der Waals surface area contributed by atoms with E-state index in [9.17, 15) is 8.42 Å². The molecule has 2 heterocycles. The molecule has 8 nitrogen and oxygen atoms in total. The molecule has 168 valence electrons. The summed E-state index contributed by atoms with van der Waals surface area (Å²) in [4.78, 5) is 13.4.